The minimum atomic E-state index is 0.212. The van der Waals surface area contributed by atoms with Crippen molar-refractivity contribution in [3.05, 3.63) is 70.8 Å². The van der Waals surface area contributed by atoms with Crippen molar-refractivity contribution in [3.8, 4) is 5.75 Å². The van der Waals surface area contributed by atoms with Crippen LogP contribution < -0.4 is 4.74 Å². The number of hydrogen-bond acceptors (Lipinski definition) is 4. The van der Waals surface area contributed by atoms with Crippen LogP contribution in [0.25, 0.3) is 5.57 Å². The van der Waals surface area contributed by atoms with Gasteiger partial charge in [0.05, 0.1) is 6.04 Å². The zero-order valence-electron chi connectivity index (χ0n) is 21.2. The van der Waals surface area contributed by atoms with E-state index in [1.54, 1.807) is 11.1 Å². The summed E-state index contributed by atoms with van der Waals surface area (Å²) in [5, 5.41) is 9.94. The molecule has 2 aromatic carbocycles. The Labute approximate surface area is 209 Å². The first-order valence-corrected chi connectivity index (χ1v) is 13.7. The van der Waals surface area contributed by atoms with E-state index < -0.39 is 0 Å². The van der Waals surface area contributed by atoms with Gasteiger partial charge in [-0.2, -0.15) is 0 Å². The van der Waals surface area contributed by atoms with E-state index in [1.165, 1.54) is 29.7 Å². The second-order valence-electron chi connectivity index (χ2n) is 12.2. The Morgan fingerprint density at radius 3 is 2.49 bits per heavy atom. The first-order valence-electron chi connectivity index (χ1n) is 13.7. The van der Waals surface area contributed by atoms with E-state index in [1.807, 2.05) is 0 Å². The van der Waals surface area contributed by atoms with Crippen LogP contribution in [-0.4, -0.2) is 58.8 Å². The fourth-order valence-corrected chi connectivity index (χ4v) is 8.27. The minimum absolute atomic E-state index is 0.212. The van der Waals surface area contributed by atoms with E-state index in [0.29, 0.717) is 24.8 Å². The number of ether oxygens (including phenoxy) is 1. The first-order chi connectivity index (χ1) is 17.0. The third-order valence-corrected chi connectivity index (χ3v) is 9.65. The Morgan fingerprint density at radius 1 is 1.03 bits per heavy atom. The van der Waals surface area contributed by atoms with Gasteiger partial charge in [0.1, 0.15) is 11.9 Å². The normalized spacial score (nSPS) is 34.0. The molecule has 2 aliphatic heterocycles. The van der Waals surface area contributed by atoms with Crippen molar-refractivity contribution in [2.24, 2.45) is 5.41 Å². The number of hydrogen-bond donors (Lipinski definition) is 1. The van der Waals surface area contributed by atoms with Crippen molar-refractivity contribution in [2.75, 3.05) is 26.2 Å². The van der Waals surface area contributed by atoms with Gasteiger partial charge in [-0.05, 0) is 97.4 Å². The summed E-state index contributed by atoms with van der Waals surface area (Å²) in [7, 11) is 0. The molecule has 1 N–H and O–H groups in total. The van der Waals surface area contributed by atoms with E-state index >= 15 is 0 Å². The number of aliphatic hydroxyl groups is 1. The summed E-state index contributed by atoms with van der Waals surface area (Å²) in [6, 6.07) is 18.9. The van der Waals surface area contributed by atoms with Gasteiger partial charge in [-0.1, -0.05) is 43.3 Å². The predicted octanol–water partition coefficient (Wildman–Crippen LogP) is 5.22. The molecule has 0 amide bonds. The summed E-state index contributed by atoms with van der Waals surface area (Å²) in [6.45, 7) is 8.29. The number of benzene rings is 2. The lowest BCUT2D eigenvalue weighted by Crippen LogP contribution is -2.77. The molecule has 4 nitrogen and oxygen atoms in total. The van der Waals surface area contributed by atoms with Crippen LogP contribution in [-0.2, 0) is 6.42 Å². The third kappa shape index (κ3) is 3.29. The average Bonchev–Trinajstić information content (AvgIpc) is 3.15. The van der Waals surface area contributed by atoms with Gasteiger partial charge < -0.3 is 9.84 Å². The molecule has 4 heteroatoms. The predicted molar refractivity (Wildman–Crippen MR) is 139 cm³/mol. The van der Waals surface area contributed by atoms with Gasteiger partial charge in [0, 0.05) is 31.3 Å². The highest BCUT2D eigenvalue weighted by atomic mass is 16.5. The van der Waals surface area contributed by atoms with Crippen molar-refractivity contribution >= 4 is 5.57 Å². The lowest BCUT2D eigenvalue weighted by atomic mass is 9.38. The van der Waals surface area contributed by atoms with Gasteiger partial charge in [-0.3, -0.25) is 9.80 Å². The number of rotatable bonds is 7. The molecule has 0 spiro atoms. The lowest BCUT2D eigenvalue weighted by Gasteiger charge is -2.76. The molecule has 0 aromatic heterocycles. The molecule has 4 fully saturated rings. The van der Waals surface area contributed by atoms with E-state index in [2.05, 4.69) is 72.2 Å². The molecule has 3 saturated carbocycles. The zero-order valence-corrected chi connectivity index (χ0v) is 21.2. The first kappa shape index (κ1) is 22.1. The molecule has 4 aliphatic carbocycles. The van der Waals surface area contributed by atoms with Crippen molar-refractivity contribution in [1.29, 1.82) is 0 Å². The average molecular weight is 471 g/mol. The Bertz CT molecular complexity index is 1140. The molecule has 8 rings (SSSR count). The van der Waals surface area contributed by atoms with Crippen LogP contribution in [0.5, 0.6) is 5.75 Å². The van der Waals surface area contributed by atoms with Crippen LogP contribution in [0.15, 0.2) is 54.1 Å². The monoisotopic (exact) mass is 470 g/mol. The number of fused-ring (bicyclic) bond motifs is 2. The summed E-state index contributed by atoms with van der Waals surface area (Å²) in [6.07, 6.45) is 7.20. The number of aliphatic hydroxyl groups excluding tert-OH is 1. The Kier molecular flexibility index (Phi) is 5.00. The molecule has 0 radical (unpaired) electrons. The minimum Gasteiger partial charge on any atom is -0.488 e. The van der Waals surface area contributed by atoms with Crippen molar-refractivity contribution < 1.29 is 9.84 Å². The van der Waals surface area contributed by atoms with Crippen LogP contribution in [0.4, 0.5) is 0 Å². The van der Waals surface area contributed by atoms with Gasteiger partial charge in [-0.15, -0.1) is 0 Å². The van der Waals surface area contributed by atoms with Gasteiger partial charge >= 0.3 is 0 Å². The molecule has 184 valence electrons. The second-order valence-corrected chi connectivity index (χ2v) is 12.2. The number of nitrogens with zero attached hydrogens (tertiary/aromatic N) is 2. The van der Waals surface area contributed by atoms with Gasteiger partial charge in [-0.25, -0.2) is 0 Å². The molecule has 2 heterocycles. The molecule has 2 bridgehead atoms. The van der Waals surface area contributed by atoms with Crippen LogP contribution in [0.3, 0.4) is 0 Å². The highest BCUT2D eigenvalue weighted by molar-refractivity contribution is 5.79. The summed E-state index contributed by atoms with van der Waals surface area (Å²) in [4.78, 5) is 5.33. The largest absolute Gasteiger partial charge is 0.488 e. The third-order valence-electron chi connectivity index (χ3n) is 9.65. The molecule has 2 atom stereocenters. The van der Waals surface area contributed by atoms with E-state index in [4.69, 9.17) is 4.74 Å². The van der Waals surface area contributed by atoms with Crippen LogP contribution in [0, 0.1) is 5.41 Å². The smallest absolute Gasteiger partial charge is 0.124 e. The summed E-state index contributed by atoms with van der Waals surface area (Å²) >= 11 is 0. The Morgan fingerprint density at radius 2 is 1.77 bits per heavy atom. The van der Waals surface area contributed by atoms with Gasteiger partial charge in [0.2, 0.25) is 0 Å². The maximum absolute atomic E-state index is 9.94. The van der Waals surface area contributed by atoms with E-state index in [0.717, 1.165) is 50.9 Å². The van der Waals surface area contributed by atoms with Crippen molar-refractivity contribution in [1.82, 2.24) is 9.80 Å². The zero-order chi connectivity index (χ0) is 23.8. The molecular formula is C31H38N2O2. The molecule has 2 aromatic rings. The van der Waals surface area contributed by atoms with Crippen LogP contribution in [0.2, 0.25) is 0 Å². The quantitative estimate of drug-likeness (QED) is 0.602. The van der Waals surface area contributed by atoms with Crippen molar-refractivity contribution in [2.45, 2.75) is 76.1 Å². The SMILES string of the molecule is CCCN1CC(Oc2ccc([C@H]3C4=C(C[C@H](C)N3C35CC(CO)(C3)C5)c3ccccc3C4)cc2)C1. The highest BCUT2D eigenvalue weighted by Crippen LogP contribution is 2.72. The fraction of sp³-hybridized carbons (Fsp3) is 0.548. The number of likely N-dealkylation sites (tertiary alicyclic amines) is 1. The van der Waals surface area contributed by atoms with Gasteiger partial charge in [0.15, 0.2) is 0 Å². The second kappa shape index (κ2) is 7.93. The van der Waals surface area contributed by atoms with E-state index in [9.17, 15) is 5.11 Å². The van der Waals surface area contributed by atoms with Crippen LogP contribution in [0.1, 0.15) is 68.7 Å². The summed E-state index contributed by atoms with van der Waals surface area (Å²) in [5.74, 6) is 0.999. The molecule has 6 aliphatic rings. The maximum Gasteiger partial charge on any atom is 0.124 e. The molecule has 0 unspecified atom stereocenters. The van der Waals surface area contributed by atoms with Crippen molar-refractivity contribution in [3.63, 3.8) is 0 Å². The maximum atomic E-state index is 9.94. The Balaban J connectivity index is 1.19. The molecular weight excluding hydrogens is 432 g/mol. The topological polar surface area (TPSA) is 35.9 Å². The standard InChI is InChI=1S/C31H38N2O2/c1-3-12-32-15-25(16-32)35-24-10-8-22(9-11-24)29-28-14-23-6-4-5-7-26(23)27(28)13-21(2)33(29)31-17-30(18-31,19-31)20-34/h4-11,21,25,29,34H,3,12-20H2,1-2H3/t21-,29-,30?,31?/m0/s1. The molecule has 1 saturated heterocycles. The van der Waals surface area contributed by atoms with Gasteiger partial charge in [0.25, 0.3) is 0 Å². The van der Waals surface area contributed by atoms with E-state index in [-0.39, 0.29) is 11.0 Å². The lowest BCUT2D eigenvalue weighted by molar-refractivity contribution is -0.253. The summed E-state index contributed by atoms with van der Waals surface area (Å²) in [5.41, 5.74) is 8.03. The highest BCUT2D eigenvalue weighted by Gasteiger charge is 2.71. The Hall–Kier alpha value is -2.14. The summed E-state index contributed by atoms with van der Waals surface area (Å²) < 4.78 is 6.29. The van der Waals surface area contributed by atoms with Crippen LogP contribution >= 0.6 is 0 Å². The fourth-order valence-electron chi connectivity index (χ4n) is 8.27. The molecule has 35 heavy (non-hydrogen) atoms.